The lowest BCUT2D eigenvalue weighted by atomic mass is 10.1. The van der Waals surface area contributed by atoms with Crippen LogP contribution in [-0.2, 0) is 11.2 Å². The second-order valence-corrected chi connectivity index (χ2v) is 5.49. The van der Waals surface area contributed by atoms with Crippen LogP contribution in [0.15, 0.2) is 23.2 Å². The first kappa shape index (κ1) is 21.0. The van der Waals surface area contributed by atoms with Crippen molar-refractivity contribution in [3.8, 4) is 0 Å². The van der Waals surface area contributed by atoms with E-state index in [1.165, 1.54) is 6.07 Å². The van der Waals surface area contributed by atoms with E-state index in [0.717, 1.165) is 51.4 Å². The third kappa shape index (κ3) is 7.71. The van der Waals surface area contributed by atoms with Gasteiger partial charge in [-0.1, -0.05) is 0 Å². The summed E-state index contributed by atoms with van der Waals surface area (Å²) in [7, 11) is 0. The number of rotatable bonds is 7. The van der Waals surface area contributed by atoms with E-state index in [-0.39, 0.29) is 24.0 Å². The van der Waals surface area contributed by atoms with Gasteiger partial charge in [-0.15, -0.1) is 24.0 Å². The number of morpholine rings is 1. The number of guanidine groups is 1. The topological polar surface area (TPSA) is 62.9 Å². The zero-order chi connectivity index (χ0) is 16.5. The van der Waals surface area contributed by atoms with Gasteiger partial charge in [-0.05, 0) is 36.6 Å². The van der Waals surface area contributed by atoms with Crippen LogP contribution >= 0.6 is 24.0 Å². The number of nitrogens with one attached hydrogen (secondary N) is 1. The predicted molar refractivity (Wildman–Crippen MR) is 102 cm³/mol. The van der Waals surface area contributed by atoms with Crippen LogP contribution in [0.3, 0.4) is 0 Å². The Morgan fingerprint density at radius 2 is 2.04 bits per heavy atom. The summed E-state index contributed by atoms with van der Waals surface area (Å²) in [6, 6.07) is 3.44. The van der Waals surface area contributed by atoms with Gasteiger partial charge in [0.1, 0.15) is 11.6 Å². The van der Waals surface area contributed by atoms with E-state index in [1.807, 2.05) is 0 Å². The molecule has 0 bridgehead atoms. The van der Waals surface area contributed by atoms with Crippen molar-refractivity contribution in [2.75, 3.05) is 45.9 Å². The highest BCUT2D eigenvalue weighted by Crippen LogP contribution is 2.09. The SMILES string of the molecule is I.NC(=NCCCN1CCOCC1)NCCc1cc(F)ccc1F. The molecule has 2 rings (SSSR count). The number of nitrogens with two attached hydrogens (primary N) is 1. The van der Waals surface area contributed by atoms with Crippen LogP contribution in [0.25, 0.3) is 0 Å². The molecule has 24 heavy (non-hydrogen) atoms. The second kappa shape index (κ2) is 11.5. The fourth-order valence-corrected chi connectivity index (χ4v) is 2.43. The molecule has 0 atom stereocenters. The molecule has 1 aliphatic heterocycles. The summed E-state index contributed by atoms with van der Waals surface area (Å²) < 4.78 is 31.8. The Labute approximate surface area is 158 Å². The number of nitrogens with zero attached hydrogens (tertiary/aromatic N) is 2. The average molecular weight is 454 g/mol. The molecule has 0 radical (unpaired) electrons. The molecule has 1 aromatic rings. The Kier molecular flexibility index (Phi) is 10.1. The van der Waals surface area contributed by atoms with Crippen LogP contribution in [0.4, 0.5) is 8.78 Å². The van der Waals surface area contributed by atoms with E-state index < -0.39 is 11.6 Å². The molecule has 1 aromatic carbocycles. The standard InChI is InChI=1S/C16H24F2N4O.HI/c17-14-2-3-15(18)13(12-14)4-6-21-16(19)20-5-1-7-22-8-10-23-11-9-22;/h2-3,12H,1,4-11H2,(H3,19,20,21);1H. The molecule has 1 saturated heterocycles. The van der Waals surface area contributed by atoms with E-state index in [1.54, 1.807) is 0 Å². The first-order chi connectivity index (χ1) is 11.1. The Hall–Kier alpha value is -1.00. The molecule has 3 N–H and O–H groups in total. The Balaban J connectivity index is 0.00000288. The highest BCUT2D eigenvalue weighted by atomic mass is 127. The fraction of sp³-hybridized carbons (Fsp3) is 0.562. The Morgan fingerprint density at radius 3 is 2.79 bits per heavy atom. The summed E-state index contributed by atoms with van der Waals surface area (Å²) in [5, 5.41) is 2.92. The lowest BCUT2D eigenvalue weighted by Gasteiger charge is -2.26. The van der Waals surface area contributed by atoms with E-state index in [2.05, 4.69) is 15.2 Å². The molecule has 0 amide bonds. The summed E-state index contributed by atoms with van der Waals surface area (Å²) in [6.45, 7) is 5.57. The number of halogens is 3. The fourth-order valence-electron chi connectivity index (χ4n) is 2.43. The van der Waals surface area contributed by atoms with Crippen LogP contribution in [0.1, 0.15) is 12.0 Å². The minimum absolute atomic E-state index is 0. The van der Waals surface area contributed by atoms with Crippen LogP contribution in [-0.4, -0.2) is 56.8 Å². The molecule has 1 heterocycles. The molecule has 0 unspecified atom stereocenters. The lowest BCUT2D eigenvalue weighted by Crippen LogP contribution is -2.37. The molecule has 0 aliphatic carbocycles. The summed E-state index contributed by atoms with van der Waals surface area (Å²) in [5.41, 5.74) is 6.09. The lowest BCUT2D eigenvalue weighted by molar-refractivity contribution is 0.0377. The minimum atomic E-state index is -0.439. The summed E-state index contributed by atoms with van der Waals surface area (Å²) in [4.78, 5) is 6.58. The third-order valence-corrected chi connectivity index (χ3v) is 3.73. The normalized spacial score (nSPS) is 15.8. The van der Waals surface area contributed by atoms with Gasteiger partial charge in [-0.25, -0.2) is 8.78 Å². The smallest absolute Gasteiger partial charge is 0.188 e. The monoisotopic (exact) mass is 454 g/mol. The molecule has 136 valence electrons. The van der Waals surface area contributed by atoms with Crippen LogP contribution in [0.2, 0.25) is 0 Å². The van der Waals surface area contributed by atoms with Crippen molar-refractivity contribution in [3.05, 3.63) is 35.4 Å². The van der Waals surface area contributed by atoms with Crippen LogP contribution in [0, 0.1) is 11.6 Å². The molecule has 0 spiro atoms. The maximum Gasteiger partial charge on any atom is 0.188 e. The van der Waals surface area contributed by atoms with Gasteiger partial charge in [0.05, 0.1) is 13.2 Å². The average Bonchev–Trinajstić information content (AvgIpc) is 2.56. The van der Waals surface area contributed by atoms with Crippen molar-refractivity contribution in [1.29, 1.82) is 0 Å². The number of hydrogen-bond donors (Lipinski definition) is 2. The van der Waals surface area contributed by atoms with E-state index >= 15 is 0 Å². The summed E-state index contributed by atoms with van der Waals surface area (Å²) in [5.74, 6) is -0.510. The Bertz CT molecular complexity index is 525. The molecule has 0 saturated carbocycles. The van der Waals surface area contributed by atoms with Gasteiger partial charge < -0.3 is 15.8 Å². The molecular formula is C16H25F2IN4O. The van der Waals surface area contributed by atoms with Gasteiger partial charge in [0.15, 0.2) is 5.96 Å². The second-order valence-electron chi connectivity index (χ2n) is 5.49. The molecular weight excluding hydrogens is 429 g/mol. The quantitative estimate of drug-likeness (QED) is 0.285. The first-order valence-corrected chi connectivity index (χ1v) is 7.93. The maximum absolute atomic E-state index is 13.4. The van der Waals surface area contributed by atoms with Crippen molar-refractivity contribution < 1.29 is 13.5 Å². The van der Waals surface area contributed by atoms with E-state index in [4.69, 9.17) is 10.5 Å². The van der Waals surface area contributed by atoms with E-state index in [9.17, 15) is 8.78 Å². The van der Waals surface area contributed by atoms with Gasteiger partial charge in [0, 0.05) is 32.7 Å². The van der Waals surface area contributed by atoms with Gasteiger partial charge in [0.2, 0.25) is 0 Å². The van der Waals surface area contributed by atoms with Crippen molar-refractivity contribution >= 4 is 29.9 Å². The molecule has 0 aromatic heterocycles. The molecule has 1 fully saturated rings. The largest absolute Gasteiger partial charge is 0.379 e. The van der Waals surface area contributed by atoms with Gasteiger partial charge in [-0.3, -0.25) is 9.89 Å². The molecule has 1 aliphatic rings. The number of ether oxygens (including phenoxy) is 1. The predicted octanol–water partition coefficient (Wildman–Crippen LogP) is 1.75. The zero-order valence-corrected chi connectivity index (χ0v) is 16.0. The molecule has 5 nitrogen and oxygen atoms in total. The van der Waals surface area contributed by atoms with Gasteiger partial charge in [0.25, 0.3) is 0 Å². The van der Waals surface area contributed by atoms with Crippen LogP contribution in [0.5, 0.6) is 0 Å². The van der Waals surface area contributed by atoms with Crippen LogP contribution < -0.4 is 11.1 Å². The zero-order valence-electron chi connectivity index (χ0n) is 13.6. The number of aliphatic imine (C=N–C) groups is 1. The van der Waals surface area contributed by atoms with Gasteiger partial charge in [-0.2, -0.15) is 0 Å². The number of benzene rings is 1. The first-order valence-electron chi connectivity index (χ1n) is 7.93. The highest BCUT2D eigenvalue weighted by molar-refractivity contribution is 14.0. The molecule has 8 heteroatoms. The maximum atomic E-state index is 13.4. The Morgan fingerprint density at radius 1 is 1.29 bits per heavy atom. The summed E-state index contributed by atoms with van der Waals surface area (Å²) >= 11 is 0. The number of hydrogen-bond acceptors (Lipinski definition) is 3. The minimum Gasteiger partial charge on any atom is -0.379 e. The van der Waals surface area contributed by atoms with Crippen molar-refractivity contribution in [2.24, 2.45) is 10.7 Å². The van der Waals surface area contributed by atoms with Crippen molar-refractivity contribution in [2.45, 2.75) is 12.8 Å². The van der Waals surface area contributed by atoms with E-state index in [0.29, 0.717) is 31.0 Å². The van der Waals surface area contributed by atoms with Crippen molar-refractivity contribution in [3.63, 3.8) is 0 Å². The third-order valence-electron chi connectivity index (χ3n) is 3.73. The summed E-state index contributed by atoms with van der Waals surface area (Å²) in [6.07, 6.45) is 1.29. The highest BCUT2D eigenvalue weighted by Gasteiger charge is 2.09. The van der Waals surface area contributed by atoms with Gasteiger partial charge >= 0.3 is 0 Å². The van der Waals surface area contributed by atoms with Crippen molar-refractivity contribution in [1.82, 2.24) is 10.2 Å².